The van der Waals surface area contributed by atoms with E-state index in [2.05, 4.69) is 4.74 Å². The quantitative estimate of drug-likeness (QED) is 0.766. The molecule has 0 spiro atoms. The second-order valence-corrected chi connectivity index (χ2v) is 4.44. The van der Waals surface area contributed by atoms with Crippen LogP contribution in [-0.4, -0.2) is 25.7 Å². The average Bonchev–Trinajstić information content (AvgIpc) is 2.40. The highest BCUT2D eigenvalue weighted by atomic mass is 16.5. The first-order valence-corrected chi connectivity index (χ1v) is 5.98. The van der Waals surface area contributed by atoms with Gasteiger partial charge in [0.2, 0.25) is 0 Å². The van der Waals surface area contributed by atoms with Crippen molar-refractivity contribution in [3.63, 3.8) is 0 Å². The lowest BCUT2D eigenvalue weighted by Gasteiger charge is -2.30. The Morgan fingerprint density at radius 3 is 2.78 bits per heavy atom. The minimum atomic E-state index is -0.282. The topological polar surface area (TPSA) is 52.6 Å². The fourth-order valence-corrected chi connectivity index (χ4v) is 2.31. The molecule has 0 amide bonds. The largest absolute Gasteiger partial charge is 0.469 e. The van der Waals surface area contributed by atoms with E-state index in [9.17, 15) is 9.59 Å². The minimum absolute atomic E-state index is 0.0406. The maximum atomic E-state index is 11.4. The van der Waals surface area contributed by atoms with Gasteiger partial charge in [-0.25, -0.2) is 0 Å². The summed E-state index contributed by atoms with van der Waals surface area (Å²) in [6.07, 6.45) is 0.528. The SMILES string of the molecule is COC(=O)C[C@H]1CC(=O)OC[C@@H]1c1ccccc1. The average molecular weight is 248 g/mol. The molecule has 0 N–H and O–H groups in total. The third kappa shape index (κ3) is 2.88. The Kier molecular flexibility index (Phi) is 3.97. The number of benzene rings is 1. The van der Waals surface area contributed by atoms with Crippen molar-refractivity contribution in [3.8, 4) is 0 Å². The van der Waals surface area contributed by atoms with Crippen LogP contribution in [0, 0.1) is 5.92 Å². The summed E-state index contributed by atoms with van der Waals surface area (Å²) in [5.41, 5.74) is 1.10. The molecule has 1 fully saturated rings. The van der Waals surface area contributed by atoms with Crippen molar-refractivity contribution in [1.29, 1.82) is 0 Å². The first kappa shape index (κ1) is 12.6. The lowest BCUT2D eigenvalue weighted by atomic mass is 9.81. The molecule has 2 atom stereocenters. The van der Waals surface area contributed by atoms with E-state index in [-0.39, 0.29) is 36.6 Å². The van der Waals surface area contributed by atoms with E-state index in [1.54, 1.807) is 0 Å². The summed E-state index contributed by atoms with van der Waals surface area (Å²) >= 11 is 0. The predicted molar refractivity (Wildman–Crippen MR) is 64.9 cm³/mol. The second kappa shape index (κ2) is 5.67. The van der Waals surface area contributed by atoms with Crippen molar-refractivity contribution in [3.05, 3.63) is 35.9 Å². The third-order valence-corrected chi connectivity index (χ3v) is 3.31. The Bertz CT molecular complexity index is 427. The van der Waals surface area contributed by atoms with Gasteiger partial charge in [-0.15, -0.1) is 0 Å². The number of ether oxygens (including phenoxy) is 2. The van der Waals surface area contributed by atoms with Crippen LogP contribution >= 0.6 is 0 Å². The molecule has 0 aliphatic carbocycles. The zero-order valence-corrected chi connectivity index (χ0v) is 10.3. The summed E-state index contributed by atoms with van der Waals surface area (Å²) in [5, 5.41) is 0. The fraction of sp³-hybridized carbons (Fsp3) is 0.429. The first-order chi connectivity index (χ1) is 8.70. The molecule has 0 saturated carbocycles. The van der Waals surface area contributed by atoms with Crippen LogP contribution in [0.5, 0.6) is 0 Å². The number of hydrogen-bond acceptors (Lipinski definition) is 4. The van der Waals surface area contributed by atoms with Gasteiger partial charge in [0, 0.05) is 18.8 Å². The molecule has 1 aromatic rings. The maximum absolute atomic E-state index is 11.4. The van der Waals surface area contributed by atoms with Gasteiger partial charge in [-0.1, -0.05) is 30.3 Å². The van der Waals surface area contributed by atoms with Crippen molar-refractivity contribution in [2.24, 2.45) is 5.92 Å². The summed E-state index contributed by atoms with van der Waals surface area (Å²) in [6.45, 7) is 0.338. The molecular formula is C14H16O4. The Labute approximate surface area is 106 Å². The summed E-state index contributed by atoms with van der Waals surface area (Å²) in [4.78, 5) is 22.7. The third-order valence-electron chi connectivity index (χ3n) is 3.31. The van der Waals surface area contributed by atoms with Gasteiger partial charge in [0.15, 0.2) is 0 Å². The first-order valence-electron chi connectivity index (χ1n) is 5.98. The minimum Gasteiger partial charge on any atom is -0.469 e. The van der Waals surface area contributed by atoms with Gasteiger partial charge in [0.25, 0.3) is 0 Å². The number of hydrogen-bond donors (Lipinski definition) is 0. The standard InChI is InChI=1S/C14H16O4/c1-17-13(15)7-11-8-14(16)18-9-12(11)10-5-3-2-4-6-10/h2-6,11-12H,7-9H2,1H3/t11-,12+/m0/s1. The van der Waals surface area contributed by atoms with Crippen LogP contribution in [0.3, 0.4) is 0 Å². The van der Waals surface area contributed by atoms with E-state index < -0.39 is 0 Å². The van der Waals surface area contributed by atoms with E-state index in [0.717, 1.165) is 5.56 Å². The molecule has 2 rings (SSSR count). The lowest BCUT2D eigenvalue weighted by Crippen LogP contribution is -2.31. The highest BCUT2D eigenvalue weighted by molar-refractivity contribution is 5.74. The van der Waals surface area contributed by atoms with Gasteiger partial charge in [0.05, 0.1) is 13.7 Å². The van der Waals surface area contributed by atoms with E-state index in [1.165, 1.54) is 7.11 Å². The van der Waals surface area contributed by atoms with Crippen molar-refractivity contribution in [2.75, 3.05) is 13.7 Å². The molecule has 0 radical (unpaired) electrons. The Balaban J connectivity index is 2.15. The Morgan fingerprint density at radius 1 is 1.39 bits per heavy atom. The molecule has 1 heterocycles. The highest BCUT2D eigenvalue weighted by Crippen LogP contribution is 2.34. The maximum Gasteiger partial charge on any atom is 0.306 e. The van der Waals surface area contributed by atoms with Crippen LogP contribution in [-0.2, 0) is 19.1 Å². The van der Waals surface area contributed by atoms with Gasteiger partial charge in [-0.2, -0.15) is 0 Å². The number of carbonyl (C=O) groups is 2. The van der Waals surface area contributed by atoms with Crippen LogP contribution in [0.1, 0.15) is 24.3 Å². The van der Waals surface area contributed by atoms with Gasteiger partial charge >= 0.3 is 11.9 Å². The molecule has 1 aliphatic rings. The second-order valence-electron chi connectivity index (χ2n) is 4.44. The molecular weight excluding hydrogens is 232 g/mol. The summed E-state index contributed by atoms with van der Waals surface area (Å²) in [6, 6.07) is 9.82. The number of carbonyl (C=O) groups excluding carboxylic acids is 2. The molecule has 1 saturated heterocycles. The molecule has 1 aliphatic heterocycles. The Morgan fingerprint density at radius 2 is 2.11 bits per heavy atom. The molecule has 96 valence electrons. The van der Waals surface area contributed by atoms with Crippen LogP contribution in [0.4, 0.5) is 0 Å². The number of rotatable bonds is 3. The predicted octanol–water partition coefficient (Wildman–Crippen LogP) is 1.90. The monoisotopic (exact) mass is 248 g/mol. The van der Waals surface area contributed by atoms with Gasteiger partial charge in [-0.05, 0) is 11.5 Å². The zero-order chi connectivity index (χ0) is 13.0. The van der Waals surface area contributed by atoms with E-state index in [0.29, 0.717) is 6.61 Å². The molecule has 0 bridgehead atoms. The number of methoxy groups -OCH3 is 1. The van der Waals surface area contributed by atoms with Crippen LogP contribution in [0.2, 0.25) is 0 Å². The van der Waals surface area contributed by atoms with Gasteiger partial charge < -0.3 is 9.47 Å². The van der Waals surface area contributed by atoms with Crippen LogP contribution in [0.15, 0.2) is 30.3 Å². The normalized spacial score (nSPS) is 23.3. The van der Waals surface area contributed by atoms with Gasteiger partial charge in [-0.3, -0.25) is 9.59 Å². The molecule has 0 aromatic heterocycles. The van der Waals surface area contributed by atoms with E-state index in [4.69, 9.17) is 4.74 Å². The van der Waals surface area contributed by atoms with E-state index in [1.807, 2.05) is 30.3 Å². The molecule has 0 unspecified atom stereocenters. The van der Waals surface area contributed by atoms with E-state index >= 15 is 0 Å². The summed E-state index contributed by atoms with van der Waals surface area (Å²) in [7, 11) is 1.36. The summed E-state index contributed by atoms with van der Waals surface area (Å²) in [5.74, 6) is -0.490. The number of esters is 2. The highest BCUT2D eigenvalue weighted by Gasteiger charge is 2.33. The lowest BCUT2D eigenvalue weighted by molar-refractivity contribution is -0.152. The van der Waals surface area contributed by atoms with Crippen LogP contribution < -0.4 is 0 Å². The molecule has 18 heavy (non-hydrogen) atoms. The van der Waals surface area contributed by atoms with Crippen molar-refractivity contribution < 1.29 is 19.1 Å². The fourth-order valence-electron chi connectivity index (χ4n) is 2.31. The van der Waals surface area contributed by atoms with Crippen molar-refractivity contribution in [1.82, 2.24) is 0 Å². The smallest absolute Gasteiger partial charge is 0.306 e. The molecule has 4 heteroatoms. The van der Waals surface area contributed by atoms with Crippen molar-refractivity contribution >= 4 is 11.9 Å². The van der Waals surface area contributed by atoms with Gasteiger partial charge in [0.1, 0.15) is 0 Å². The Hall–Kier alpha value is -1.84. The molecule has 1 aromatic carbocycles. The zero-order valence-electron chi connectivity index (χ0n) is 10.3. The molecule has 4 nitrogen and oxygen atoms in total. The van der Waals surface area contributed by atoms with Crippen molar-refractivity contribution in [2.45, 2.75) is 18.8 Å². The number of cyclic esters (lactones) is 1. The summed E-state index contributed by atoms with van der Waals surface area (Å²) < 4.78 is 9.78. The van der Waals surface area contributed by atoms with Crippen LogP contribution in [0.25, 0.3) is 0 Å².